The molecule has 2 amide bonds. The highest BCUT2D eigenvalue weighted by Crippen LogP contribution is 2.18. The average molecular weight is 360 g/mol. The minimum atomic E-state index is -1.20. The van der Waals surface area contributed by atoms with E-state index in [0.717, 1.165) is 6.07 Å². The standard InChI is InChI=1S/C18H17FN2O5/c1-11(16(22)20-21-17(23)12-6-4-3-5-7-12)26-18(24)13-8-9-15(25-2)14(19)10-13/h3-11H,1-2H3,(H,20,22)(H,21,23)/t11-/m1/s1. The van der Waals surface area contributed by atoms with E-state index in [2.05, 4.69) is 10.9 Å². The van der Waals surface area contributed by atoms with E-state index in [1.165, 1.54) is 26.2 Å². The topological polar surface area (TPSA) is 93.7 Å². The minimum Gasteiger partial charge on any atom is -0.494 e. The maximum atomic E-state index is 13.6. The Hall–Kier alpha value is -3.42. The zero-order valence-electron chi connectivity index (χ0n) is 14.1. The first-order valence-corrected chi connectivity index (χ1v) is 7.62. The molecule has 0 aliphatic heterocycles. The molecule has 26 heavy (non-hydrogen) atoms. The van der Waals surface area contributed by atoms with Crippen LogP contribution >= 0.6 is 0 Å². The molecule has 8 heteroatoms. The quantitative estimate of drug-likeness (QED) is 0.627. The van der Waals surface area contributed by atoms with Gasteiger partial charge in [-0.25, -0.2) is 9.18 Å². The van der Waals surface area contributed by atoms with Crippen LogP contribution in [0.15, 0.2) is 48.5 Å². The summed E-state index contributed by atoms with van der Waals surface area (Å²) in [6.07, 6.45) is -1.20. The molecule has 0 bridgehead atoms. The van der Waals surface area contributed by atoms with Gasteiger partial charge in [0.25, 0.3) is 11.8 Å². The van der Waals surface area contributed by atoms with Crippen molar-refractivity contribution >= 4 is 17.8 Å². The van der Waals surface area contributed by atoms with Crippen LogP contribution in [-0.4, -0.2) is 31.0 Å². The number of hydrogen-bond donors (Lipinski definition) is 2. The van der Waals surface area contributed by atoms with Crippen LogP contribution in [-0.2, 0) is 9.53 Å². The normalized spacial score (nSPS) is 11.2. The average Bonchev–Trinajstić information content (AvgIpc) is 2.66. The summed E-state index contributed by atoms with van der Waals surface area (Å²) in [5, 5.41) is 0. The van der Waals surface area contributed by atoms with Gasteiger partial charge in [-0.15, -0.1) is 0 Å². The molecule has 0 unspecified atom stereocenters. The number of rotatable bonds is 5. The van der Waals surface area contributed by atoms with Crippen LogP contribution in [0.5, 0.6) is 5.75 Å². The maximum Gasteiger partial charge on any atom is 0.339 e. The van der Waals surface area contributed by atoms with Crippen molar-refractivity contribution in [2.75, 3.05) is 7.11 Å². The molecule has 0 aliphatic rings. The van der Waals surface area contributed by atoms with Gasteiger partial charge >= 0.3 is 5.97 Å². The van der Waals surface area contributed by atoms with Gasteiger partial charge in [0.2, 0.25) is 0 Å². The number of esters is 1. The minimum absolute atomic E-state index is 0.0176. The lowest BCUT2D eigenvalue weighted by Crippen LogP contribution is -2.46. The van der Waals surface area contributed by atoms with Gasteiger partial charge in [-0.2, -0.15) is 0 Å². The third-order valence-electron chi connectivity index (χ3n) is 3.38. The van der Waals surface area contributed by atoms with Gasteiger partial charge in [-0.05, 0) is 37.3 Å². The Morgan fingerprint density at radius 3 is 2.31 bits per heavy atom. The van der Waals surface area contributed by atoms with Crippen molar-refractivity contribution in [3.63, 3.8) is 0 Å². The first-order chi connectivity index (χ1) is 12.4. The van der Waals surface area contributed by atoms with Gasteiger partial charge in [-0.1, -0.05) is 18.2 Å². The highest BCUT2D eigenvalue weighted by atomic mass is 19.1. The molecule has 2 aromatic rings. The van der Waals surface area contributed by atoms with Crippen molar-refractivity contribution < 1.29 is 28.2 Å². The Labute approximate surface area is 149 Å². The van der Waals surface area contributed by atoms with Gasteiger partial charge in [0.15, 0.2) is 17.7 Å². The zero-order valence-corrected chi connectivity index (χ0v) is 14.1. The predicted octanol–water partition coefficient (Wildman–Crippen LogP) is 1.84. The summed E-state index contributed by atoms with van der Waals surface area (Å²) >= 11 is 0. The lowest BCUT2D eigenvalue weighted by atomic mass is 10.2. The van der Waals surface area contributed by atoms with Crippen LogP contribution in [0, 0.1) is 5.82 Å². The van der Waals surface area contributed by atoms with Gasteiger partial charge in [0.05, 0.1) is 12.7 Å². The fourth-order valence-corrected chi connectivity index (χ4v) is 1.96. The summed E-state index contributed by atoms with van der Waals surface area (Å²) in [6, 6.07) is 11.8. The zero-order chi connectivity index (χ0) is 19.1. The van der Waals surface area contributed by atoms with Gasteiger partial charge in [-0.3, -0.25) is 20.4 Å². The van der Waals surface area contributed by atoms with E-state index in [1.54, 1.807) is 30.3 Å². The number of amides is 2. The molecular weight excluding hydrogens is 343 g/mol. The molecular formula is C18H17FN2O5. The molecule has 0 radical (unpaired) electrons. The molecule has 2 N–H and O–H groups in total. The summed E-state index contributed by atoms with van der Waals surface area (Å²) in [5.41, 5.74) is 4.65. The van der Waals surface area contributed by atoms with E-state index in [0.29, 0.717) is 5.56 Å². The second-order valence-corrected chi connectivity index (χ2v) is 5.21. The summed E-state index contributed by atoms with van der Waals surface area (Å²) in [6.45, 7) is 1.32. The Balaban J connectivity index is 1.89. The molecule has 1 atom stereocenters. The first-order valence-electron chi connectivity index (χ1n) is 7.62. The highest BCUT2D eigenvalue weighted by Gasteiger charge is 2.20. The fourth-order valence-electron chi connectivity index (χ4n) is 1.96. The number of carbonyl (C=O) groups excluding carboxylic acids is 3. The monoisotopic (exact) mass is 360 g/mol. The Morgan fingerprint density at radius 1 is 1.00 bits per heavy atom. The second kappa shape index (κ2) is 8.61. The number of ether oxygens (including phenoxy) is 2. The van der Waals surface area contributed by atoms with E-state index in [1.807, 2.05) is 0 Å². The van der Waals surface area contributed by atoms with Crippen LogP contribution in [0.1, 0.15) is 27.6 Å². The number of methoxy groups -OCH3 is 1. The number of hydrogen-bond acceptors (Lipinski definition) is 5. The number of benzene rings is 2. The van der Waals surface area contributed by atoms with Gasteiger partial charge in [0, 0.05) is 5.56 Å². The van der Waals surface area contributed by atoms with Crippen LogP contribution in [0.25, 0.3) is 0 Å². The summed E-state index contributed by atoms with van der Waals surface area (Å²) in [4.78, 5) is 35.7. The largest absolute Gasteiger partial charge is 0.494 e. The predicted molar refractivity (Wildman–Crippen MR) is 89.9 cm³/mol. The highest BCUT2D eigenvalue weighted by molar-refractivity contribution is 5.96. The SMILES string of the molecule is COc1ccc(C(=O)O[C@H](C)C(=O)NNC(=O)c2ccccc2)cc1F. The van der Waals surface area contributed by atoms with Gasteiger partial charge in [0.1, 0.15) is 0 Å². The lowest BCUT2D eigenvalue weighted by Gasteiger charge is -2.14. The summed E-state index contributed by atoms with van der Waals surface area (Å²) in [5.74, 6) is -2.89. The molecule has 0 heterocycles. The Bertz CT molecular complexity index is 810. The van der Waals surface area contributed by atoms with E-state index < -0.39 is 29.7 Å². The smallest absolute Gasteiger partial charge is 0.339 e. The summed E-state index contributed by atoms with van der Waals surface area (Å²) < 4.78 is 23.3. The number of nitrogens with one attached hydrogen (secondary N) is 2. The molecule has 2 rings (SSSR count). The number of carbonyl (C=O) groups is 3. The van der Waals surface area contributed by atoms with E-state index in [4.69, 9.17) is 9.47 Å². The van der Waals surface area contributed by atoms with Crippen molar-refractivity contribution in [2.45, 2.75) is 13.0 Å². The van der Waals surface area contributed by atoms with E-state index in [9.17, 15) is 18.8 Å². The molecule has 136 valence electrons. The molecule has 0 spiro atoms. The number of hydrazine groups is 1. The van der Waals surface area contributed by atoms with E-state index in [-0.39, 0.29) is 11.3 Å². The van der Waals surface area contributed by atoms with Crippen LogP contribution in [0.4, 0.5) is 4.39 Å². The maximum absolute atomic E-state index is 13.6. The van der Waals surface area contributed by atoms with Crippen molar-refractivity contribution in [1.29, 1.82) is 0 Å². The van der Waals surface area contributed by atoms with Crippen LogP contribution < -0.4 is 15.6 Å². The first kappa shape index (κ1) is 18.9. The Morgan fingerprint density at radius 2 is 1.69 bits per heavy atom. The molecule has 0 saturated carbocycles. The summed E-state index contributed by atoms with van der Waals surface area (Å²) in [7, 11) is 1.30. The van der Waals surface area contributed by atoms with Crippen molar-refractivity contribution in [3.05, 3.63) is 65.5 Å². The third-order valence-corrected chi connectivity index (χ3v) is 3.38. The fraction of sp³-hybridized carbons (Fsp3) is 0.167. The Kier molecular flexibility index (Phi) is 6.26. The molecule has 7 nitrogen and oxygen atoms in total. The second-order valence-electron chi connectivity index (χ2n) is 5.21. The van der Waals surface area contributed by atoms with Crippen molar-refractivity contribution in [2.24, 2.45) is 0 Å². The molecule has 0 aromatic heterocycles. The van der Waals surface area contributed by atoms with Gasteiger partial charge < -0.3 is 9.47 Å². The van der Waals surface area contributed by atoms with Crippen LogP contribution in [0.3, 0.4) is 0 Å². The van der Waals surface area contributed by atoms with Crippen molar-refractivity contribution in [3.8, 4) is 5.75 Å². The van der Waals surface area contributed by atoms with Crippen molar-refractivity contribution in [1.82, 2.24) is 10.9 Å². The lowest BCUT2D eigenvalue weighted by molar-refractivity contribution is -0.129. The van der Waals surface area contributed by atoms with E-state index >= 15 is 0 Å². The van der Waals surface area contributed by atoms with Crippen LogP contribution in [0.2, 0.25) is 0 Å². The molecule has 2 aromatic carbocycles. The number of halogens is 1. The third kappa shape index (κ3) is 4.79. The molecule has 0 aliphatic carbocycles. The molecule has 0 fully saturated rings. The molecule has 0 saturated heterocycles.